The number of carbonyl (C=O) groups is 1. The monoisotopic (exact) mass is 454 g/mol. The molecule has 2 aliphatic rings. The van der Waals surface area contributed by atoms with Crippen LogP contribution in [-0.2, 0) is 22.3 Å². The molecule has 0 saturated heterocycles. The number of ether oxygens (including phenoxy) is 3. The summed E-state index contributed by atoms with van der Waals surface area (Å²) in [5.74, 6) is 0.908. The Morgan fingerprint density at radius 2 is 2.04 bits per heavy atom. The van der Waals surface area contributed by atoms with Gasteiger partial charge in [0.25, 0.3) is 0 Å². The van der Waals surface area contributed by atoms with Crippen LogP contribution in [0.25, 0.3) is 0 Å². The molecule has 28 heavy (non-hydrogen) atoms. The van der Waals surface area contributed by atoms with E-state index in [0.717, 1.165) is 35.3 Å². The first-order valence-corrected chi connectivity index (χ1v) is 10.7. The predicted molar refractivity (Wildman–Crippen MR) is 114 cm³/mol. The molecule has 156 valence electrons. The summed E-state index contributed by atoms with van der Waals surface area (Å²) in [7, 11) is 1.73. The molecule has 0 aromatic heterocycles. The Morgan fingerprint density at radius 1 is 1.32 bits per heavy atom. The van der Waals surface area contributed by atoms with Gasteiger partial charge in [-0.15, -0.1) is 0 Å². The maximum atomic E-state index is 12.5. The van der Waals surface area contributed by atoms with E-state index < -0.39 is 5.60 Å². The van der Waals surface area contributed by atoms with Crippen molar-refractivity contribution in [3.8, 4) is 5.75 Å². The minimum absolute atomic E-state index is 0.243. The molecular formula is C21H31BrN2O4. The highest BCUT2D eigenvalue weighted by Gasteiger charge is 2.31. The largest absolute Gasteiger partial charge is 0.489 e. The van der Waals surface area contributed by atoms with Gasteiger partial charge in [0.2, 0.25) is 0 Å². The quantitative estimate of drug-likeness (QED) is 0.689. The van der Waals surface area contributed by atoms with Crippen LogP contribution in [-0.4, -0.2) is 62.6 Å². The number of methoxy groups -OCH3 is 1. The van der Waals surface area contributed by atoms with Gasteiger partial charge in [-0.05, 0) is 73.7 Å². The summed E-state index contributed by atoms with van der Waals surface area (Å²) in [4.78, 5) is 16.7. The van der Waals surface area contributed by atoms with Gasteiger partial charge in [0.15, 0.2) is 0 Å². The Hall–Kier alpha value is -1.47. The van der Waals surface area contributed by atoms with Crippen LogP contribution < -0.4 is 9.64 Å². The molecule has 1 aromatic carbocycles. The minimum Gasteiger partial charge on any atom is -0.489 e. The number of fused-ring (bicyclic) bond motifs is 2. The SMILES string of the molecule is COCCN1c2c(cc3c(c2Br)CCN(C(=O)OC(C)(C)C)CC3)OC[C@H]1C. The van der Waals surface area contributed by atoms with Gasteiger partial charge in [0.05, 0.1) is 18.3 Å². The van der Waals surface area contributed by atoms with Gasteiger partial charge in [-0.1, -0.05) is 0 Å². The zero-order valence-corrected chi connectivity index (χ0v) is 19.1. The van der Waals surface area contributed by atoms with Gasteiger partial charge in [-0.3, -0.25) is 0 Å². The Balaban J connectivity index is 1.86. The molecule has 0 N–H and O–H groups in total. The van der Waals surface area contributed by atoms with E-state index in [9.17, 15) is 4.79 Å². The van der Waals surface area contributed by atoms with E-state index in [0.29, 0.717) is 26.3 Å². The number of halogens is 1. The minimum atomic E-state index is -0.484. The van der Waals surface area contributed by atoms with Gasteiger partial charge in [0.1, 0.15) is 18.0 Å². The maximum Gasteiger partial charge on any atom is 0.410 e. The van der Waals surface area contributed by atoms with Gasteiger partial charge in [-0.2, -0.15) is 0 Å². The molecule has 7 heteroatoms. The number of amides is 1. The average molecular weight is 455 g/mol. The molecule has 0 radical (unpaired) electrons. The van der Waals surface area contributed by atoms with Gasteiger partial charge >= 0.3 is 6.09 Å². The van der Waals surface area contributed by atoms with Crippen molar-refractivity contribution in [2.24, 2.45) is 0 Å². The summed E-state index contributed by atoms with van der Waals surface area (Å²) in [6.45, 7) is 11.3. The lowest BCUT2D eigenvalue weighted by molar-refractivity contribution is 0.0258. The van der Waals surface area contributed by atoms with Crippen LogP contribution >= 0.6 is 15.9 Å². The summed E-state index contributed by atoms with van der Waals surface area (Å²) in [5, 5.41) is 0. The van der Waals surface area contributed by atoms with Crippen LogP contribution in [0.1, 0.15) is 38.8 Å². The van der Waals surface area contributed by atoms with E-state index in [2.05, 4.69) is 33.8 Å². The molecule has 3 rings (SSSR count). The van der Waals surface area contributed by atoms with E-state index in [1.807, 2.05) is 25.7 Å². The van der Waals surface area contributed by atoms with Gasteiger partial charge in [-0.25, -0.2) is 4.79 Å². The molecule has 1 amide bonds. The first-order valence-electron chi connectivity index (χ1n) is 9.92. The number of anilines is 1. The average Bonchev–Trinajstić information content (AvgIpc) is 2.83. The Kier molecular flexibility index (Phi) is 6.44. The third-order valence-corrected chi connectivity index (χ3v) is 6.02. The van der Waals surface area contributed by atoms with Gasteiger partial charge < -0.3 is 24.0 Å². The van der Waals surface area contributed by atoms with Crippen molar-refractivity contribution in [3.63, 3.8) is 0 Å². The van der Waals surface area contributed by atoms with Crippen LogP contribution in [0.2, 0.25) is 0 Å². The Morgan fingerprint density at radius 3 is 2.71 bits per heavy atom. The van der Waals surface area contributed by atoms with E-state index in [1.54, 1.807) is 7.11 Å². The van der Waals surface area contributed by atoms with Crippen LogP contribution in [0.15, 0.2) is 10.5 Å². The summed E-state index contributed by atoms with van der Waals surface area (Å²) < 4.78 is 18.0. The second-order valence-corrected chi connectivity index (χ2v) is 9.28. The normalized spacial score (nSPS) is 19.4. The number of carbonyl (C=O) groups excluding carboxylic acids is 1. The van der Waals surface area contributed by atoms with E-state index in [-0.39, 0.29) is 12.1 Å². The zero-order valence-electron chi connectivity index (χ0n) is 17.5. The smallest absolute Gasteiger partial charge is 0.410 e. The first kappa shape index (κ1) is 21.2. The van der Waals surface area contributed by atoms with Crippen LogP contribution in [0.4, 0.5) is 10.5 Å². The lowest BCUT2D eigenvalue weighted by atomic mass is 9.99. The zero-order chi connectivity index (χ0) is 20.5. The summed E-state index contributed by atoms with van der Waals surface area (Å²) >= 11 is 3.86. The highest BCUT2D eigenvalue weighted by molar-refractivity contribution is 9.10. The van der Waals surface area contributed by atoms with Crippen molar-refractivity contribution < 1.29 is 19.0 Å². The second kappa shape index (κ2) is 8.49. The molecule has 0 aliphatic carbocycles. The molecule has 0 spiro atoms. The number of hydrogen-bond acceptors (Lipinski definition) is 5. The van der Waals surface area contributed by atoms with Crippen LogP contribution in [0.3, 0.4) is 0 Å². The Bertz CT molecular complexity index is 732. The number of hydrogen-bond donors (Lipinski definition) is 0. The molecule has 1 aromatic rings. The van der Waals surface area contributed by atoms with Crippen molar-refractivity contribution in [2.75, 3.05) is 44.9 Å². The second-order valence-electron chi connectivity index (χ2n) is 8.49. The molecule has 0 saturated carbocycles. The van der Waals surface area contributed by atoms with Crippen LogP contribution in [0, 0.1) is 0 Å². The molecular weight excluding hydrogens is 424 g/mol. The summed E-state index contributed by atoms with van der Waals surface area (Å²) in [6.07, 6.45) is 1.33. The predicted octanol–water partition coefficient (Wildman–Crippen LogP) is 4.02. The van der Waals surface area contributed by atoms with Crippen molar-refractivity contribution >= 4 is 27.7 Å². The van der Waals surface area contributed by atoms with E-state index in [1.165, 1.54) is 11.1 Å². The Labute approximate surface area is 176 Å². The van der Waals surface area contributed by atoms with Crippen molar-refractivity contribution in [1.82, 2.24) is 4.90 Å². The first-order chi connectivity index (χ1) is 13.2. The number of benzene rings is 1. The lowest BCUT2D eigenvalue weighted by Gasteiger charge is -2.38. The third kappa shape index (κ3) is 4.57. The van der Waals surface area contributed by atoms with E-state index in [4.69, 9.17) is 14.2 Å². The molecule has 6 nitrogen and oxygen atoms in total. The molecule has 2 heterocycles. The topological polar surface area (TPSA) is 51.2 Å². The highest BCUT2D eigenvalue weighted by atomic mass is 79.9. The van der Waals surface area contributed by atoms with E-state index >= 15 is 0 Å². The van der Waals surface area contributed by atoms with Gasteiger partial charge in [0, 0.05) is 31.2 Å². The standard InChI is InChI=1S/C21H31BrN2O4/c1-14-13-27-17-12-15-6-8-23(20(25)28-21(2,3)4)9-7-16(15)18(22)19(17)24(14)10-11-26-5/h12,14H,6-11,13H2,1-5H3/t14-/m1/s1. The highest BCUT2D eigenvalue weighted by Crippen LogP contribution is 2.44. The molecule has 2 aliphatic heterocycles. The van der Waals surface area contributed by atoms with Crippen molar-refractivity contribution in [3.05, 3.63) is 21.7 Å². The van der Waals surface area contributed by atoms with Crippen molar-refractivity contribution in [2.45, 2.75) is 52.2 Å². The number of nitrogens with zero attached hydrogens (tertiary/aromatic N) is 2. The molecule has 0 bridgehead atoms. The number of rotatable bonds is 3. The third-order valence-electron chi connectivity index (χ3n) is 5.17. The molecule has 0 fully saturated rings. The summed E-state index contributed by atoms with van der Waals surface area (Å²) in [5.41, 5.74) is 3.10. The fraction of sp³-hybridized carbons (Fsp3) is 0.667. The fourth-order valence-corrected chi connectivity index (χ4v) is 4.62. The lowest BCUT2D eigenvalue weighted by Crippen LogP contribution is -2.43. The van der Waals surface area contributed by atoms with Crippen LogP contribution in [0.5, 0.6) is 5.75 Å². The molecule has 1 atom stereocenters. The maximum absolute atomic E-state index is 12.5. The summed E-state index contributed by atoms with van der Waals surface area (Å²) in [6, 6.07) is 2.43. The molecule has 0 unspecified atom stereocenters. The fourth-order valence-electron chi connectivity index (χ4n) is 3.74. The van der Waals surface area contributed by atoms with Crippen molar-refractivity contribution in [1.29, 1.82) is 0 Å².